The molecular formula is C15H10ClN3O5. The van der Waals surface area contributed by atoms with Crippen LogP contribution in [0.15, 0.2) is 51.6 Å². The van der Waals surface area contributed by atoms with E-state index in [1.54, 1.807) is 18.2 Å². The minimum atomic E-state index is -0.643. The van der Waals surface area contributed by atoms with Crippen molar-refractivity contribution in [2.75, 3.05) is 0 Å². The molecule has 9 heteroatoms. The second kappa shape index (κ2) is 6.55. The smallest absolute Gasteiger partial charge is 0.282 e. The highest BCUT2D eigenvalue weighted by molar-refractivity contribution is 6.31. The molecule has 0 bridgehead atoms. The maximum Gasteiger partial charge on any atom is 0.282 e. The van der Waals surface area contributed by atoms with Crippen LogP contribution in [0.2, 0.25) is 5.02 Å². The Morgan fingerprint density at radius 1 is 1.29 bits per heavy atom. The normalized spacial score (nSPS) is 10.5. The largest absolute Gasteiger partial charge is 0.461 e. The lowest BCUT2D eigenvalue weighted by Crippen LogP contribution is -2.23. The van der Waals surface area contributed by atoms with Crippen LogP contribution in [0.5, 0.6) is 0 Å². The van der Waals surface area contributed by atoms with E-state index in [2.05, 4.69) is 10.5 Å². The number of benzene rings is 1. The Morgan fingerprint density at radius 2 is 2.12 bits per heavy atom. The molecule has 0 aliphatic rings. The Kier molecular flexibility index (Phi) is 4.30. The maximum atomic E-state index is 12.2. The molecule has 0 atom stereocenters. The number of furan rings is 1. The summed E-state index contributed by atoms with van der Waals surface area (Å²) in [6, 6.07) is 8.79. The van der Waals surface area contributed by atoms with Gasteiger partial charge in [-0.2, -0.15) is 0 Å². The number of halogens is 1. The number of nitro groups is 1. The lowest BCUT2D eigenvalue weighted by Gasteiger charge is -2.04. The molecule has 0 unspecified atom stereocenters. The number of carbonyl (C=O) groups excluding carboxylic acids is 1. The van der Waals surface area contributed by atoms with Crippen molar-refractivity contribution >= 4 is 23.2 Å². The summed E-state index contributed by atoms with van der Waals surface area (Å²) in [6.07, 6.45) is 1.50. The standard InChI is InChI=1S/C15H10ClN3O5/c16-9-3-4-12(19(21)22)11(6-9)15(20)17-8-10-7-14(24-18-10)13-2-1-5-23-13/h1-7H,8H2,(H,17,20). The third kappa shape index (κ3) is 3.28. The highest BCUT2D eigenvalue weighted by Crippen LogP contribution is 2.23. The summed E-state index contributed by atoms with van der Waals surface area (Å²) in [7, 11) is 0. The number of hydrogen-bond donors (Lipinski definition) is 1. The third-order valence-corrected chi connectivity index (χ3v) is 3.39. The first-order valence-electron chi connectivity index (χ1n) is 6.76. The fourth-order valence-corrected chi connectivity index (χ4v) is 2.22. The molecule has 3 aromatic rings. The van der Waals surface area contributed by atoms with Gasteiger partial charge in [0.1, 0.15) is 11.3 Å². The molecule has 24 heavy (non-hydrogen) atoms. The number of aromatic nitrogens is 1. The quantitative estimate of drug-likeness (QED) is 0.559. The van der Waals surface area contributed by atoms with Crippen molar-refractivity contribution in [1.29, 1.82) is 0 Å². The second-order valence-corrected chi connectivity index (χ2v) is 5.20. The van der Waals surface area contributed by atoms with Crippen molar-refractivity contribution in [3.05, 3.63) is 69.1 Å². The molecule has 122 valence electrons. The number of carbonyl (C=O) groups is 1. The molecule has 1 N–H and O–H groups in total. The summed E-state index contributed by atoms with van der Waals surface area (Å²) < 4.78 is 10.3. The van der Waals surface area contributed by atoms with E-state index >= 15 is 0 Å². The molecule has 0 saturated carbocycles. The lowest BCUT2D eigenvalue weighted by molar-refractivity contribution is -0.385. The SMILES string of the molecule is O=C(NCc1cc(-c2ccco2)on1)c1cc(Cl)ccc1[N+](=O)[O-]. The summed E-state index contributed by atoms with van der Waals surface area (Å²) in [6.45, 7) is 0.0344. The van der Waals surface area contributed by atoms with E-state index in [-0.39, 0.29) is 22.8 Å². The molecule has 0 saturated heterocycles. The van der Waals surface area contributed by atoms with E-state index in [0.717, 1.165) is 0 Å². The van der Waals surface area contributed by atoms with Crippen LogP contribution in [0.4, 0.5) is 5.69 Å². The van der Waals surface area contributed by atoms with E-state index in [9.17, 15) is 14.9 Å². The molecule has 0 radical (unpaired) electrons. The Morgan fingerprint density at radius 3 is 2.83 bits per heavy atom. The Bertz CT molecular complexity index is 888. The van der Waals surface area contributed by atoms with E-state index in [0.29, 0.717) is 17.2 Å². The molecule has 1 amide bonds. The highest BCUT2D eigenvalue weighted by atomic mass is 35.5. The van der Waals surface area contributed by atoms with E-state index in [4.69, 9.17) is 20.5 Å². The Hall–Kier alpha value is -3.13. The van der Waals surface area contributed by atoms with Gasteiger partial charge in [-0.3, -0.25) is 14.9 Å². The minimum absolute atomic E-state index is 0.0344. The number of nitrogens with zero attached hydrogens (tertiary/aromatic N) is 2. The van der Waals surface area contributed by atoms with Gasteiger partial charge < -0.3 is 14.3 Å². The number of rotatable bonds is 5. The average molecular weight is 348 g/mol. The van der Waals surface area contributed by atoms with Crippen molar-refractivity contribution in [2.45, 2.75) is 6.54 Å². The van der Waals surface area contributed by atoms with Gasteiger partial charge in [-0.1, -0.05) is 16.8 Å². The molecule has 0 spiro atoms. The molecule has 0 aliphatic heterocycles. The predicted molar refractivity (Wildman–Crippen MR) is 83.5 cm³/mol. The lowest BCUT2D eigenvalue weighted by atomic mass is 10.1. The van der Waals surface area contributed by atoms with E-state index < -0.39 is 10.8 Å². The summed E-state index contributed by atoms with van der Waals surface area (Å²) in [5.74, 6) is 0.287. The second-order valence-electron chi connectivity index (χ2n) is 4.76. The number of nitrogens with one attached hydrogen (secondary N) is 1. The van der Waals surface area contributed by atoms with Crippen LogP contribution in [0.25, 0.3) is 11.5 Å². The fraction of sp³-hybridized carbons (Fsp3) is 0.0667. The predicted octanol–water partition coefficient (Wildman–Crippen LogP) is 3.43. The summed E-state index contributed by atoms with van der Waals surface area (Å²) >= 11 is 5.80. The van der Waals surface area contributed by atoms with Gasteiger partial charge in [0.05, 0.1) is 17.7 Å². The van der Waals surface area contributed by atoms with Gasteiger partial charge in [0.15, 0.2) is 5.76 Å². The van der Waals surface area contributed by atoms with Gasteiger partial charge in [-0.05, 0) is 24.3 Å². The first-order valence-corrected chi connectivity index (χ1v) is 7.14. The average Bonchev–Trinajstić information content (AvgIpc) is 3.23. The Balaban J connectivity index is 1.72. The van der Waals surface area contributed by atoms with Crippen molar-refractivity contribution in [3.63, 3.8) is 0 Å². The van der Waals surface area contributed by atoms with Gasteiger partial charge >= 0.3 is 0 Å². The van der Waals surface area contributed by atoms with Crippen LogP contribution < -0.4 is 5.32 Å². The van der Waals surface area contributed by atoms with Crippen LogP contribution in [0, 0.1) is 10.1 Å². The van der Waals surface area contributed by atoms with Crippen LogP contribution >= 0.6 is 11.6 Å². The molecule has 0 aliphatic carbocycles. The Labute approximate surface area is 140 Å². The van der Waals surface area contributed by atoms with Crippen molar-refractivity contribution in [1.82, 2.24) is 10.5 Å². The minimum Gasteiger partial charge on any atom is -0.461 e. The zero-order valence-corrected chi connectivity index (χ0v) is 12.8. The van der Waals surface area contributed by atoms with Crippen molar-refractivity contribution < 1.29 is 18.7 Å². The van der Waals surface area contributed by atoms with Crippen LogP contribution in [0.1, 0.15) is 16.1 Å². The summed E-state index contributed by atoms with van der Waals surface area (Å²) in [4.78, 5) is 22.5. The fourth-order valence-electron chi connectivity index (χ4n) is 2.05. The zero-order chi connectivity index (χ0) is 17.1. The van der Waals surface area contributed by atoms with Gasteiger partial charge in [-0.15, -0.1) is 0 Å². The number of hydrogen-bond acceptors (Lipinski definition) is 6. The van der Waals surface area contributed by atoms with Crippen LogP contribution in [-0.2, 0) is 6.54 Å². The molecule has 0 fully saturated rings. The first-order chi connectivity index (χ1) is 11.5. The van der Waals surface area contributed by atoms with Crippen molar-refractivity contribution in [3.8, 4) is 11.5 Å². The van der Waals surface area contributed by atoms with Crippen LogP contribution in [-0.4, -0.2) is 16.0 Å². The molecule has 3 rings (SSSR count). The summed E-state index contributed by atoms with van der Waals surface area (Å²) in [5.41, 5.74) is -0.00462. The third-order valence-electron chi connectivity index (χ3n) is 3.15. The van der Waals surface area contributed by atoms with Gasteiger partial charge in [0, 0.05) is 17.2 Å². The van der Waals surface area contributed by atoms with Gasteiger partial charge in [0.25, 0.3) is 11.6 Å². The molecule has 1 aromatic carbocycles. The first kappa shape index (κ1) is 15.8. The van der Waals surface area contributed by atoms with E-state index in [1.165, 1.54) is 24.5 Å². The molecular weight excluding hydrogens is 338 g/mol. The molecule has 2 heterocycles. The zero-order valence-electron chi connectivity index (χ0n) is 12.1. The highest BCUT2D eigenvalue weighted by Gasteiger charge is 2.20. The van der Waals surface area contributed by atoms with Crippen molar-refractivity contribution in [2.24, 2.45) is 0 Å². The van der Waals surface area contributed by atoms with E-state index in [1.807, 2.05) is 0 Å². The van der Waals surface area contributed by atoms with Gasteiger partial charge in [0.2, 0.25) is 5.76 Å². The molecule has 8 nitrogen and oxygen atoms in total. The van der Waals surface area contributed by atoms with Crippen LogP contribution in [0.3, 0.4) is 0 Å². The monoisotopic (exact) mass is 347 g/mol. The maximum absolute atomic E-state index is 12.2. The molecule has 2 aromatic heterocycles. The van der Waals surface area contributed by atoms with Gasteiger partial charge in [-0.25, -0.2) is 0 Å². The number of amides is 1. The summed E-state index contributed by atoms with van der Waals surface area (Å²) in [5, 5.41) is 17.6. The topological polar surface area (TPSA) is 111 Å². The number of nitro benzene ring substituents is 1.